The minimum Gasteiger partial charge on any atom is -0.254 e. The molecule has 53 valence electrons. The summed E-state index contributed by atoms with van der Waals surface area (Å²) < 4.78 is 4.16. The van der Waals surface area contributed by atoms with E-state index >= 15 is 0 Å². The molecule has 0 saturated carbocycles. The van der Waals surface area contributed by atoms with Crippen LogP contribution in [0, 0.1) is 6.20 Å². The van der Waals surface area contributed by atoms with Crippen LogP contribution in [0.3, 0.4) is 0 Å². The summed E-state index contributed by atoms with van der Waals surface area (Å²) in [5.74, 6) is 0. The van der Waals surface area contributed by atoms with Crippen molar-refractivity contribution in [3.63, 3.8) is 0 Å². The predicted octanol–water partition coefficient (Wildman–Crippen LogP) is 2.01. The van der Waals surface area contributed by atoms with Crippen molar-refractivity contribution < 1.29 is 0 Å². The summed E-state index contributed by atoms with van der Waals surface area (Å²) in [5, 5.41) is 1.94. The Morgan fingerprint density at radius 1 is 1.36 bits per heavy atom. The molecule has 0 atom stereocenters. The second-order valence-corrected chi connectivity index (χ2v) is 2.71. The molecule has 0 amide bonds. The third-order valence-electron chi connectivity index (χ3n) is 1.32. The maximum absolute atomic E-state index is 4.16. The SMILES string of the molecule is [c]1ncccc1-c1ccsn1. The molecule has 0 aliphatic carbocycles. The number of aromatic nitrogens is 2. The number of hydrogen-bond donors (Lipinski definition) is 0. The molecule has 2 heterocycles. The van der Waals surface area contributed by atoms with Gasteiger partial charge in [-0.05, 0) is 29.7 Å². The fraction of sp³-hybridized carbons (Fsp3) is 0. The van der Waals surface area contributed by atoms with Crippen LogP contribution in [0.25, 0.3) is 11.3 Å². The molecule has 2 aromatic rings. The molecule has 0 saturated heterocycles. The van der Waals surface area contributed by atoms with Gasteiger partial charge in [-0.25, -0.2) is 0 Å². The number of rotatable bonds is 1. The highest BCUT2D eigenvalue weighted by atomic mass is 32.1. The average Bonchev–Trinajstić information content (AvgIpc) is 2.58. The topological polar surface area (TPSA) is 25.8 Å². The minimum atomic E-state index is 0.947. The molecule has 2 nitrogen and oxygen atoms in total. The van der Waals surface area contributed by atoms with Crippen LogP contribution < -0.4 is 0 Å². The average molecular weight is 161 g/mol. The fourth-order valence-electron chi connectivity index (χ4n) is 0.820. The molecule has 0 unspecified atom stereocenters. The molecule has 0 spiro atoms. The molecular weight excluding hydrogens is 156 g/mol. The molecule has 11 heavy (non-hydrogen) atoms. The van der Waals surface area contributed by atoms with Gasteiger partial charge in [0.1, 0.15) is 0 Å². The monoisotopic (exact) mass is 161 g/mol. The van der Waals surface area contributed by atoms with E-state index in [0.717, 1.165) is 11.3 Å². The van der Waals surface area contributed by atoms with Crippen LogP contribution in [0.5, 0.6) is 0 Å². The van der Waals surface area contributed by atoms with Crippen LogP contribution in [0.15, 0.2) is 29.8 Å². The van der Waals surface area contributed by atoms with Gasteiger partial charge in [0.15, 0.2) is 0 Å². The Morgan fingerprint density at radius 3 is 3.00 bits per heavy atom. The highest BCUT2D eigenvalue weighted by Gasteiger charge is 1.97. The van der Waals surface area contributed by atoms with E-state index in [4.69, 9.17) is 0 Å². The van der Waals surface area contributed by atoms with Crippen molar-refractivity contribution in [1.29, 1.82) is 0 Å². The van der Waals surface area contributed by atoms with Crippen LogP contribution in [0.2, 0.25) is 0 Å². The Morgan fingerprint density at radius 2 is 2.36 bits per heavy atom. The van der Waals surface area contributed by atoms with Gasteiger partial charge in [0.2, 0.25) is 0 Å². The lowest BCUT2D eigenvalue weighted by molar-refractivity contribution is 1.30. The minimum absolute atomic E-state index is 0.947. The van der Waals surface area contributed by atoms with Gasteiger partial charge in [-0.3, -0.25) is 4.98 Å². The molecule has 0 aromatic carbocycles. The van der Waals surface area contributed by atoms with Crippen molar-refractivity contribution in [1.82, 2.24) is 9.36 Å². The normalized spacial score (nSPS) is 9.82. The quantitative estimate of drug-likeness (QED) is 0.639. The first-order chi connectivity index (χ1) is 5.47. The summed E-state index contributed by atoms with van der Waals surface area (Å²) in [4.78, 5) is 3.88. The number of hydrogen-bond acceptors (Lipinski definition) is 3. The third kappa shape index (κ3) is 1.28. The lowest BCUT2D eigenvalue weighted by Gasteiger charge is -1.90. The standard InChI is InChI=1S/C8H5N2S/c1-2-7(6-9-4-1)8-3-5-11-10-8/h1-5H. The summed E-state index contributed by atoms with van der Waals surface area (Å²) >= 11 is 1.44. The Kier molecular flexibility index (Phi) is 1.65. The lowest BCUT2D eigenvalue weighted by atomic mass is 10.2. The van der Waals surface area contributed by atoms with E-state index in [0.29, 0.717) is 0 Å². The molecule has 2 rings (SSSR count). The molecular formula is C8H5N2S. The molecule has 0 aliphatic rings. The van der Waals surface area contributed by atoms with Gasteiger partial charge in [-0.15, -0.1) is 0 Å². The second-order valence-electron chi connectivity index (χ2n) is 2.05. The lowest BCUT2D eigenvalue weighted by Crippen LogP contribution is -1.77. The predicted molar refractivity (Wildman–Crippen MR) is 44.2 cm³/mol. The van der Waals surface area contributed by atoms with E-state index in [2.05, 4.69) is 15.6 Å². The van der Waals surface area contributed by atoms with Gasteiger partial charge in [-0.2, -0.15) is 4.37 Å². The van der Waals surface area contributed by atoms with Gasteiger partial charge in [0.05, 0.1) is 11.9 Å². The van der Waals surface area contributed by atoms with Crippen LogP contribution in [0.1, 0.15) is 0 Å². The zero-order valence-electron chi connectivity index (χ0n) is 5.69. The van der Waals surface area contributed by atoms with Crippen molar-refractivity contribution >= 4 is 11.5 Å². The van der Waals surface area contributed by atoms with Crippen LogP contribution in [0.4, 0.5) is 0 Å². The van der Waals surface area contributed by atoms with Crippen molar-refractivity contribution in [2.75, 3.05) is 0 Å². The Hall–Kier alpha value is -1.22. The zero-order chi connectivity index (χ0) is 7.52. The van der Waals surface area contributed by atoms with Crippen LogP contribution in [-0.2, 0) is 0 Å². The fourth-order valence-corrected chi connectivity index (χ4v) is 1.34. The van der Waals surface area contributed by atoms with E-state index in [1.807, 2.05) is 23.6 Å². The highest BCUT2D eigenvalue weighted by molar-refractivity contribution is 7.03. The van der Waals surface area contributed by atoms with Gasteiger partial charge >= 0.3 is 0 Å². The van der Waals surface area contributed by atoms with E-state index in [9.17, 15) is 0 Å². The Labute approximate surface area is 68.7 Å². The van der Waals surface area contributed by atoms with Gasteiger partial charge < -0.3 is 0 Å². The molecule has 0 fully saturated rings. The molecule has 3 heteroatoms. The first kappa shape index (κ1) is 6.49. The molecule has 0 N–H and O–H groups in total. The maximum Gasteiger partial charge on any atom is 0.0987 e. The summed E-state index contributed by atoms with van der Waals surface area (Å²) in [6.45, 7) is 0. The Bertz CT molecular complexity index is 315. The number of pyridine rings is 1. The Balaban J connectivity index is 2.46. The van der Waals surface area contributed by atoms with E-state index in [1.54, 1.807) is 6.20 Å². The summed E-state index contributed by atoms with van der Waals surface area (Å²) in [5.41, 5.74) is 1.90. The highest BCUT2D eigenvalue weighted by Crippen LogP contribution is 2.15. The number of nitrogens with zero attached hydrogens (tertiary/aromatic N) is 2. The molecule has 1 radical (unpaired) electrons. The van der Waals surface area contributed by atoms with E-state index in [-0.39, 0.29) is 0 Å². The summed E-state index contributed by atoms with van der Waals surface area (Å²) in [7, 11) is 0. The zero-order valence-corrected chi connectivity index (χ0v) is 6.51. The third-order valence-corrected chi connectivity index (χ3v) is 1.88. The van der Waals surface area contributed by atoms with E-state index < -0.39 is 0 Å². The van der Waals surface area contributed by atoms with Crippen molar-refractivity contribution in [3.05, 3.63) is 36.0 Å². The van der Waals surface area contributed by atoms with Crippen molar-refractivity contribution in [3.8, 4) is 11.3 Å². The maximum atomic E-state index is 4.16. The molecule has 0 bridgehead atoms. The first-order valence-corrected chi connectivity index (χ1v) is 4.04. The van der Waals surface area contributed by atoms with Gasteiger partial charge in [0.25, 0.3) is 0 Å². The van der Waals surface area contributed by atoms with Crippen LogP contribution >= 0.6 is 11.5 Å². The first-order valence-electron chi connectivity index (χ1n) is 3.20. The largest absolute Gasteiger partial charge is 0.254 e. The molecule has 0 aliphatic heterocycles. The van der Waals surface area contributed by atoms with Crippen molar-refractivity contribution in [2.24, 2.45) is 0 Å². The summed E-state index contributed by atoms with van der Waals surface area (Å²) in [6.07, 6.45) is 4.57. The molecule has 2 aromatic heterocycles. The van der Waals surface area contributed by atoms with Gasteiger partial charge in [0, 0.05) is 17.1 Å². The van der Waals surface area contributed by atoms with Crippen LogP contribution in [-0.4, -0.2) is 9.36 Å². The second kappa shape index (κ2) is 2.80. The van der Waals surface area contributed by atoms with Gasteiger partial charge in [-0.1, -0.05) is 0 Å². The smallest absolute Gasteiger partial charge is 0.0987 e. The van der Waals surface area contributed by atoms with Crippen molar-refractivity contribution in [2.45, 2.75) is 0 Å². The van der Waals surface area contributed by atoms with E-state index in [1.165, 1.54) is 11.5 Å². The summed E-state index contributed by atoms with van der Waals surface area (Å²) in [6, 6.07) is 5.78.